The van der Waals surface area contributed by atoms with Crippen molar-refractivity contribution in [1.29, 1.82) is 0 Å². The van der Waals surface area contributed by atoms with Crippen molar-refractivity contribution in [2.45, 2.75) is 9.79 Å². The number of carbonyl (C=O) groups excluding carboxylic acids is 1. The molecule has 2 rings (SSSR count). The maximum Gasteiger partial charge on any atom is 0.397 e. The summed E-state index contributed by atoms with van der Waals surface area (Å²) in [5, 5.41) is 9.69. The van der Waals surface area contributed by atoms with Gasteiger partial charge in [-0.3, -0.25) is 9.11 Å². The predicted octanol–water partition coefficient (Wildman–Crippen LogP) is 1.01. The molecular formula is C15H17N5O10S3. The zero-order valence-corrected chi connectivity index (χ0v) is 18.8. The summed E-state index contributed by atoms with van der Waals surface area (Å²) in [4.78, 5) is 9.58. The molecule has 0 atom stereocenters. The molecule has 2 aromatic rings. The van der Waals surface area contributed by atoms with E-state index in [1.54, 1.807) is 0 Å². The Kier molecular flexibility index (Phi) is 7.72. The second kappa shape index (κ2) is 9.77. The van der Waals surface area contributed by atoms with E-state index in [4.69, 9.17) is 16.0 Å². The van der Waals surface area contributed by atoms with Crippen LogP contribution in [-0.2, 0) is 34.5 Å². The first-order valence-electron chi connectivity index (χ1n) is 8.42. The number of anilines is 2. The summed E-state index contributed by atoms with van der Waals surface area (Å²) in [6.07, 6.45) is 0. The maximum absolute atomic E-state index is 12.3. The van der Waals surface area contributed by atoms with E-state index in [-0.39, 0.29) is 17.1 Å². The summed E-state index contributed by atoms with van der Waals surface area (Å²) in [6.45, 7) is -0.948. The van der Waals surface area contributed by atoms with Gasteiger partial charge in [-0.1, -0.05) is 0 Å². The van der Waals surface area contributed by atoms with Crippen LogP contribution in [0.3, 0.4) is 0 Å². The average Bonchev–Trinajstić information content (AvgIpc) is 2.64. The van der Waals surface area contributed by atoms with Crippen molar-refractivity contribution in [3.8, 4) is 0 Å². The van der Waals surface area contributed by atoms with Gasteiger partial charge >= 0.3 is 16.4 Å². The van der Waals surface area contributed by atoms with E-state index < -0.39 is 64.2 Å². The Bertz CT molecular complexity index is 1420. The predicted molar refractivity (Wildman–Crippen MR) is 114 cm³/mol. The summed E-state index contributed by atoms with van der Waals surface area (Å²) in [7, 11) is -14.2. The Labute approximate surface area is 188 Å². The molecule has 0 radical (unpaired) electrons. The minimum absolute atomic E-state index is 0.00310. The number of hydrogen-bond donors (Lipinski definition) is 5. The molecule has 0 bridgehead atoms. The lowest BCUT2D eigenvalue weighted by atomic mass is 10.2. The molecule has 0 aliphatic heterocycles. The Hall–Kier alpha value is -3.16. The van der Waals surface area contributed by atoms with Crippen molar-refractivity contribution in [2.75, 3.05) is 23.4 Å². The zero-order chi connectivity index (χ0) is 25.0. The lowest BCUT2D eigenvalue weighted by Gasteiger charge is -2.08. The van der Waals surface area contributed by atoms with E-state index in [0.29, 0.717) is 6.07 Å². The lowest BCUT2D eigenvalue weighted by Crippen LogP contribution is -2.19. The quantitative estimate of drug-likeness (QED) is 0.176. The van der Waals surface area contributed by atoms with Crippen LogP contribution in [0.15, 0.2) is 56.4 Å². The van der Waals surface area contributed by atoms with Crippen LogP contribution in [-0.4, -0.2) is 52.7 Å². The van der Waals surface area contributed by atoms with E-state index in [2.05, 4.69) is 19.7 Å². The number of primary amides is 1. The van der Waals surface area contributed by atoms with Gasteiger partial charge in [0.2, 0.25) is 0 Å². The van der Waals surface area contributed by atoms with Crippen molar-refractivity contribution in [3.63, 3.8) is 0 Å². The molecule has 33 heavy (non-hydrogen) atoms. The van der Waals surface area contributed by atoms with Crippen molar-refractivity contribution < 1.29 is 43.3 Å². The molecule has 0 saturated heterocycles. The number of sulfone groups is 1. The number of nitrogens with zero attached hydrogens (tertiary/aromatic N) is 2. The largest absolute Gasteiger partial charge is 0.399 e. The fraction of sp³-hybridized carbons (Fsp3) is 0.133. The van der Waals surface area contributed by atoms with E-state index >= 15 is 0 Å². The monoisotopic (exact) mass is 523 g/mol. The summed E-state index contributed by atoms with van der Waals surface area (Å²) < 4.78 is 91.2. The van der Waals surface area contributed by atoms with E-state index in [1.165, 1.54) is 18.2 Å². The van der Waals surface area contributed by atoms with Gasteiger partial charge in [-0.25, -0.2) is 17.4 Å². The van der Waals surface area contributed by atoms with Gasteiger partial charge in [0.25, 0.3) is 10.1 Å². The molecule has 0 spiro atoms. The van der Waals surface area contributed by atoms with E-state index in [9.17, 15) is 34.6 Å². The van der Waals surface area contributed by atoms with Gasteiger partial charge in [-0.05, 0) is 36.4 Å². The summed E-state index contributed by atoms with van der Waals surface area (Å²) in [5.74, 6) is -0.938. The number of nitrogen functional groups attached to an aromatic ring is 1. The molecule has 2 aromatic carbocycles. The van der Waals surface area contributed by atoms with Crippen LogP contribution < -0.4 is 16.8 Å². The Balaban J connectivity index is 2.45. The van der Waals surface area contributed by atoms with Crippen LogP contribution in [0.1, 0.15) is 0 Å². The van der Waals surface area contributed by atoms with Crippen LogP contribution in [0.5, 0.6) is 0 Å². The van der Waals surface area contributed by atoms with Gasteiger partial charge in [-0.2, -0.15) is 16.8 Å². The number of carbonyl (C=O) groups is 1. The standard InChI is InChI=1S/C15H17N5O10S3/c16-9-1-3-11(13(7-9)18-15(17)21)19-20-12-4-2-10(8-14(12)32(24,25)26)31(22,23)6-5-30-33(27,28)29/h1-4,7-8H,5-6,16H2,(H3,17,18,21)(H,24,25,26)(H,27,28,29). The van der Waals surface area contributed by atoms with Gasteiger partial charge in [0.05, 0.1) is 22.9 Å². The summed E-state index contributed by atoms with van der Waals surface area (Å²) in [6, 6.07) is 5.51. The van der Waals surface area contributed by atoms with Crippen molar-refractivity contribution in [2.24, 2.45) is 16.0 Å². The normalized spacial score (nSPS) is 12.7. The second-order valence-electron chi connectivity index (χ2n) is 6.14. The van der Waals surface area contributed by atoms with Gasteiger partial charge < -0.3 is 16.8 Å². The fourth-order valence-electron chi connectivity index (χ4n) is 2.33. The number of nitrogens with two attached hydrogens (primary N) is 2. The molecular weight excluding hydrogens is 506 g/mol. The third-order valence-corrected chi connectivity index (χ3v) is 6.72. The molecule has 0 heterocycles. The smallest absolute Gasteiger partial charge is 0.397 e. The lowest BCUT2D eigenvalue weighted by molar-refractivity contribution is 0.259. The molecule has 2 amide bonds. The molecule has 0 fully saturated rings. The highest BCUT2D eigenvalue weighted by atomic mass is 32.3. The van der Waals surface area contributed by atoms with Crippen LogP contribution >= 0.6 is 0 Å². The molecule has 18 heteroatoms. The number of urea groups is 1. The number of hydrogen-bond acceptors (Lipinski definition) is 11. The van der Waals surface area contributed by atoms with Crippen molar-refractivity contribution >= 4 is 59.1 Å². The van der Waals surface area contributed by atoms with Crippen molar-refractivity contribution in [3.05, 3.63) is 36.4 Å². The number of azo groups is 1. The highest BCUT2D eigenvalue weighted by Gasteiger charge is 2.23. The van der Waals surface area contributed by atoms with Gasteiger partial charge in [0.1, 0.15) is 16.3 Å². The Morgan fingerprint density at radius 1 is 0.970 bits per heavy atom. The third-order valence-electron chi connectivity index (χ3n) is 3.70. The molecule has 15 nitrogen and oxygen atoms in total. The zero-order valence-electron chi connectivity index (χ0n) is 16.3. The third kappa shape index (κ3) is 7.73. The molecule has 0 unspecified atom stereocenters. The minimum atomic E-state index is -5.00. The maximum atomic E-state index is 12.3. The topological polar surface area (TPSA) is 258 Å². The van der Waals surface area contributed by atoms with Crippen molar-refractivity contribution in [1.82, 2.24) is 0 Å². The minimum Gasteiger partial charge on any atom is -0.399 e. The molecule has 0 aliphatic rings. The Morgan fingerprint density at radius 3 is 2.15 bits per heavy atom. The first-order chi connectivity index (χ1) is 15.1. The molecule has 0 aliphatic carbocycles. The van der Waals surface area contributed by atoms with Crippen LogP contribution in [0.2, 0.25) is 0 Å². The molecule has 0 aromatic heterocycles. The molecule has 7 N–H and O–H groups in total. The summed E-state index contributed by atoms with van der Waals surface area (Å²) >= 11 is 0. The van der Waals surface area contributed by atoms with Gasteiger partial charge in [0, 0.05) is 5.69 Å². The highest BCUT2D eigenvalue weighted by Crippen LogP contribution is 2.32. The van der Waals surface area contributed by atoms with Crippen LogP contribution in [0.4, 0.5) is 27.5 Å². The number of amides is 2. The first-order valence-corrected chi connectivity index (χ1v) is 12.9. The van der Waals surface area contributed by atoms with Crippen LogP contribution in [0.25, 0.3) is 0 Å². The van der Waals surface area contributed by atoms with Gasteiger partial charge in [0.15, 0.2) is 9.84 Å². The SMILES string of the molecule is NC(=O)Nc1cc(N)ccc1N=Nc1ccc(S(=O)(=O)CCOS(=O)(=O)O)cc1S(=O)(=O)O. The first kappa shape index (κ1) is 26.1. The van der Waals surface area contributed by atoms with E-state index in [1.807, 2.05) is 0 Å². The van der Waals surface area contributed by atoms with E-state index in [0.717, 1.165) is 12.1 Å². The average molecular weight is 524 g/mol. The summed E-state index contributed by atoms with van der Waals surface area (Å²) in [5.41, 5.74) is 10.5. The molecule has 180 valence electrons. The highest BCUT2D eigenvalue weighted by molar-refractivity contribution is 7.91. The second-order valence-corrected chi connectivity index (χ2v) is 10.7. The fourth-order valence-corrected chi connectivity index (χ4v) is 4.56. The molecule has 0 saturated carbocycles. The number of rotatable bonds is 9. The van der Waals surface area contributed by atoms with Gasteiger partial charge in [-0.15, -0.1) is 10.2 Å². The number of nitrogens with one attached hydrogen (secondary N) is 1. The Morgan fingerprint density at radius 2 is 1.58 bits per heavy atom. The van der Waals surface area contributed by atoms with Crippen LogP contribution in [0, 0.1) is 0 Å². The number of benzene rings is 2.